The molecule has 7 heavy (non-hydrogen) atoms. The van der Waals surface area contributed by atoms with Crippen molar-refractivity contribution >= 4 is 12.4 Å². The highest BCUT2D eigenvalue weighted by molar-refractivity contribution is 5.85. The third-order valence-electron chi connectivity index (χ3n) is 1.69. The van der Waals surface area contributed by atoms with Gasteiger partial charge in [-0.2, -0.15) is 0 Å². The van der Waals surface area contributed by atoms with E-state index < -0.39 is 0 Å². The molecule has 0 aromatic rings. The molecule has 0 amide bonds. The smallest absolute Gasteiger partial charge is 0.00646 e. The summed E-state index contributed by atoms with van der Waals surface area (Å²) in [5.74, 6) is 0.810. The predicted octanol–water partition coefficient (Wildman–Crippen LogP) is 1.17. The SMILES string of the molecule is C[C@H]1CC[C@@H]1N.Cl. The van der Waals surface area contributed by atoms with Crippen LogP contribution in [0.5, 0.6) is 0 Å². The molecule has 0 aromatic carbocycles. The molecule has 1 fully saturated rings. The number of halogens is 1. The first-order valence-corrected chi connectivity index (χ1v) is 2.56. The Labute approximate surface area is 50.7 Å². The van der Waals surface area contributed by atoms with Gasteiger partial charge in [0.2, 0.25) is 0 Å². The van der Waals surface area contributed by atoms with Crippen molar-refractivity contribution in [2.45, 2.75) is 25.8 Å². The maximum absolute atomic E-state index is 5.52. The van der Waals surface area contributed by atoms with Crippen LogP contribution >= 0.6 is 12.4 Å². The molecule has 2 atom stereocenters. The Bertz CT molecular complexity index is 48.0. The van der Waals surface area contributed by atoms with Crippen LogP contribution in [0.25, 0.3) is 0 Å². The van der Waals surface area contributed by atoms with Gasteiger partial charge < -0.3 is 5.73 Å². The Balaban J connectivity index is 0.000000360. The second kappa shape index (κ2) is 2.53. The molecular formula is C5H12ClN. The van der Waals surface area contributed by atoms with E-state index in [1.54, 1.807) is 0 Å². The topological polar surface area (TPSA) is 26.0 Å². The standard InChI is InChI=1S/C5H11N.ClH/c1-4-2-3-5(4)6;/h4-5H,2-3,6H2,1H3;1H/t4-,5-;/m0./s1. The normalized spacial score (nSPS) is 38.6. The molecule has 0 saturated heterocycles. The molecule has 1 rings (SSSR count). The summed E-state index contributed by atoms with van der Waals surface area (Å²) in [5.41, 5.74) is 5.52. The van der Waals surface area contributed by atoms with Crippen molar-refractivity contribution in [3.63, 3.8) is 0 Å². The molecule has 1 aliphatic carbocycles. The summed E-state index contributed by atoms with van der Waals surface area (Å²) in [6, 6.07) is 0.532. The first kappa shape index (κ1) is 7.25. The molecule has 0 aromatic heterocycles. The molecule has 1 nitrogen and oxygen atoms in total. The van der Waals surface area contributed by atoms with E-state index >= 15 is 0 Å². The second-order valence-corrected chi connectivity index (χ2v) is 2.22. The zero-order chi connectivity index (χ0) is 4.57. The summed E-state index contributed by atoms with van der Waals surface area (Å²) in [6.45, 7) is 2.20. The quantitative estimate of drug-likeness (QED) is 0.512. The fraction of sp³-hybridized carbons (Fsp3) is 1.00. The Kier molecular flexibility index (Phi) is 2.62. The van der Waals surface area contributed by atoms with E-state index in [9.17, 15) is 0 Å². The Morgan fingerprint density at radius 3 is 1.86 bits per heavy atom. The minimum Gasteiger partial charge on any atom is -0.327 e. The largest absolute Gasteiger partial charge is 0.327 e. The lowest BCUT2D eigenvalue weighted by Crippen LogP contribution is -2.37. The molecule has 0 bridgehead atoms. The van der Waals surface area contributed by atoms with Gasteiger partial charge in [-0.3, -0.25) is 0 Å². The summed E-state index contributed by atoms with van der Waals surface area (Å²) in [4.78, 5) is 0. The van der Waals surface area contributed by atoms with Gasteiger partial charge in [-0.05, 0) is 18.8 Å². The van der Waals surface area contributed by atoms with E-state index in [4.69, 9.17) is 5.73 Å². The molecule has 0 unspecified atom stereocenters. The minimum atomic E-state index is 0. The maximum atomic E-state index is 5.52. The van der Waals surface area contributed by atoms with Crippen LogP contribution in [0.15, 0.2) is 0 Å². The fourth-order valence-corrected chi connectivity index (χ4v) is 0.692. The number of hydrogen-bond acceptors (Lipinski definition) is 1. The maximum Gasteiger partial charge on any atom is 0.00646 e. The Hall–Kier alpha value is 0.250. The molecule has 2 heteroatoms. The van der Waals surface area contributed by atoms with E-state index in [1.807, 2.05) is 0 Å². The lowest BCUT2D eigenvalue weighted by atomic mass is 9.82. The van der Waals surface area contributed by atoms with Crippen molar-refractivity contribution in [2.24, 2.45) is 11.7 Å². The van der Waals surface area contributed by atoms with Gasteiger partial charge in [0.15, 0.2) is 0 Å². The molecule has 44 valence electrons. The molecule has 1 saturated carbocycles. The number of rotatable bonds is 0. The highest BCUT2D eigenvalue weighted by Gasteiger charge is 2.21. The first-order valence-electron chi connectivity index (χ1n) is 2.56. The zero-order valence-corrected chi connectivity index (χ0v) is 5.37. The van der Waals surface area contributed by atoms with Gasteiger partial charge in [0, 0.05) is 6.04 Å². The van der Waals surface area contributed by atoms with Crippen LogP contribution in [-0.2, 0) is 0 Å². The van der Waals surface area contributed by atoms with Gasteiger partial charge in [0.25, 0.3) is 0 Å². The van der Waals surface area contributed by atoms with Gasteiger partial charge in [-0.15, -0.1) is 12.4 Å². The van der Waals surface area contributed by atoms with Gasteiger partial charge in [-0.25, -0.2) is 0 Å². The highest BCUT2D eigenvalue weighted by atomic mass is 35.5. The lowest BCUT2D eigenvalue weighted by molar-refractivity contribution is 0.282. The molecule has 2 N–H and O–H groups in total. The van der Waals surface area contributed by atoms with Gasteiger partial charge in [0.05, 0.1) is 0 Å². The molecular weight excluding hydrogens is 110 g/mol. The molecule has 0 heterocycles. The molecule has 0 spiro atoms. The van der Waals surface area contributed by atoms with Crippen molar-refractivity contribution in [3.8, 4) is 0 Å². The number of nitrogens with two attached hydrogens (primary N) is 1. The minimum absolute atomic E-state index is 0. The van der Waals surface area contributed by atoms with Crippen LogP contribution in [0.2, 0.25) is 0 Å². The Morgan fingerprint density at radius 1 is 1.43 bits per heavy atom. The van der Waals surface area contributed by atoms with Crippen molar-refractivity contribution in [3.05, 3.63) is 0 Å². The van der Waals surface area contributed by atoms with Gasteiger partial charge in [-0.1, -0.05) is 6.92 Å². The van der Waals surface area contributed by atoms with E-state index in [1.165, 1.54) is 12.8 Å². The fourth-order valence-electron chi connectivity index (χ4n) is 0.692. The van der Waals surface area contributed by atoms with Crippen LogP contribution in [0.1, 0.15) is 19.8 Å². The summed E-state index contributed by atoms with van der Waals surface area (Å²) in [7, 11) is 0. The van der Waals surface area contributed by atoms with Crippen LogP contribution in [-0.4, -0.2) is 6.04 Å². The summed E-state index contributed by atoms with van der Waals surface area (Å²) >= 11 is 0. The average Bonchev–Trinajstić information content (AvgIpc) is 1.61. The van der Waals surface area contributed by atoms with E-state index in [2.05, 4.69) is 6.92 Å². The zero-order valence-electron chi connectivity index (χ0n) is 4.55. The van der Waals surface area contributed by atoms with E-state index in [0.717, 1.165) is 5.92 Å². The third kappa shape index (κ3) is 1.32. The highest BCUT2D eigenvalue weighted by Crippen LogP contribution is 2.23. The second-order valence-electron chi connectivity index (χ2n) is 2.22. The van der Waals surface area contributed by atoms with Gasteiger partial charge in [0.1, 0.15) is 0 Å². The average molecular weight is 122 g/mol. The van der Waals surface area contributed by atoms with Crippen LogP contribution in [0.4, 0.5) is 0 Å². The molecule has 0 aliphatic heterocycles. The van der Waals surface area contributed by atoms with Crippen LogP contribution in [0.3, 0.4) is 0 Å². The summed E-state index contributed by atoms with van der Waals surface area (Å²) < 4.78 is 0. The van der Waals surface area contributed by atoms with Crippen LogP contribution < -0.4 is 5.73 Å². The lowest BCUT2D eigenvalue weighted by Gasteiger charge is -2.29. The van der Waals surface area contributed by atoms with E-state index in [0.29, 0.717) is 6.04 Å². The monoisotopic (exact) mass is 121 g/mol. The van der Waals surface area contributed by atoms with Crippen LogP contribution in [0, 0.1) is 5.92 Å². The third-order valence-corrected chi connectivity index (χ3v) is 1.69. The van der Waals surface area contributed by atoms with Crippen molar-refractivity contribution < 1.29 is 0 Å². The van der Waals surface area contributed by atoms with Gasteiger partial charge >= 0.3 is 0 Å². The van der Waals surface area contributed by atoms with Crippen molar-refractivity contribution in [2.75, 3.05) is 0 Å². The summed E-state index contributed by atoms with van der Waals surface area (Å²) in [5, 5.41) is 0. The number of hydrogen-bond donors (Lipinski definition) is 1. The molecule has 0 radical (unpaired) electrons. The van der Waals surface area contributed by atoms with Crippen molar-refractivity contribution in [1.82, 2.24) is 0 Å². The van der Waals surface area contributed by atoms with E-state index in [-0.39, 0.29) is 12.4 Å². The summed E-state index contributed by atoms with van der Waals surface area (Å²) in [6.07, 6.45) is 2.60. The molecule has 1 aliphatic rings. The first-order chi connectivity index (χ1) is 2.80. The Morgan fingerprint density at radius 2 is 1.86 bits per heavy atom. The predicted molar refractivity (Wildman–Crippen MR) is 33.6 cm³/mol. The van der Waals surface area contributed by atoms with Crippen molar-refractivity contribution in [1.29, 1.82) is 0 Å².